The first-order valence-corrected chi connectivity index (χ1v) is 7.21. The van der Waals surface area contributed by atoms with Gasteiger partial charge in [0.25, 0.3) is 0 Å². The quantitative estimate of drug-likeness (QED) is 0.856. The predicted molar refractivity (Wildman–Crippen MR) is 76.3 cm³/mol. The van der Waals surface area contributed by atoms with Crippen LogP contribution in [0.1, 0.15) is 31.2 Å². The first-order chi connectivity index (χ1) is 9.65. The molecule has 6 heteroatoms. The molecule has 1 saturated heterocycles. The molecule has 2 heterocycles. The van der Waals surface area contributed by atoms with Crippen LogP contribution in [0.4, 0.5) is 0 Å². The van der Waals surface area contributed by atoms with Crippen LogP contribution >= 0.6 is 0 Å². The van der Waals surface area contributed by atoms with Crippen LogP contribution in [0.3, 0.4) is 0 Å². The monoisotopic (exact) mass is 280 g/mol. The van der Waals surface area contributed by atoms with Gasteiger partial charge in [0.2, 0.25) is 5.91 Å². The van der Waals surface area contributed by atoms with Gasteiger partial charge in [-0.2, -0.15) is 5.10 Å². The number of rotatable bonds is 5. The lowest BCUT2D eigenvalue weighted by Crippen LogP contribution is -2.48. The predicted octanol–water partition coefficient (Wildman–Crippen LogP) is 0.583. The summed E-state index contributed by atoms with van der Waals surface area (Å²) in [5.74, 6) is 0.493. The van der Waals surface area contributed by atoms with Gasteiger partial charge >= 0.3 is 0 Å². The molecule has 0 aliphatic carbocycles. The second-order valence-electron chi connectivity index (χ2n) is 5.29. The number of aromatic nitrogens is 2. The standard InChI is InChI=1S/C14H24N4O2/c1-3-18-9-12(8-16-18)11-4-6-17(7-5-11)14(19)13(15)10-20-2/h8-9,11,13H,3-7,10,15H2,1-2H3. The summed E-state index contributed by atoms with van der Waals surface area (Å²) in [6.07, 6.45) is 6.00. The number of hydrogen-bond donors (Lipinski definition) is 1. The highest BCUT2D eigenvalue weighted by Crippen LogP contribution is 2.27. The second-order valence-corrected chi connectivity index (χ2v) is 5.29. The number of ether oxygens (including phenoxy) is 1. The minimum atomic E-state index is -0.542. The van der Waals surface area contributed by atoms with Crippen LogP contribution in [0.5, 0.6) is 0 Å². The number of methoxy groups -OCH3 is 1. The molecule has 1 aliphatic rings. The van der Waals surface area contributed by atoms with Gasteiger partial charge in [-0.05, 0) is 31.2 Å². The van der Waals surface area contributed by atoms with Gasteiger partial charge in [-0.15, -0.1) is 0 Å². The summed E-state index contributed by atoms with van der Waals surface area (Å²) in [7, 11) is 1.56. The summed E-state index contributed by atoms with van der Waals surface area (Å²) in [5, 5.41) is 4.32. The summed E-state index contributed by atoms with van der Waals surface area (Å²) in [5.41, 5.74) is 7.07. The molecule has 0 radical (unpaired) electrons. The lowest BCUT2D eigenvalue weighted by atomic mass is 9.91. The Bertz CT molecular complexity index is 438. The van der Waals surface area contributed by atoms with Crippen molar-refractivity contribution in [2.45, 2.75) is 38.3 Å². The fourth-order valence-electron chi connectivity index (χ4n) is 2.68. The van der Waals surface area contributed by atoms with Gasteiger partial charge in [-0.3, -0.25) is 9.48 Å². The molecule has 20 heavy (non-hydrogen) atoms. The molecular formula is C14H24N4O2. The van der Waals surface area contributed by atoms with Gasteiger partial charge in [-0.1, -0.05) is 0 Å². The molecular weight excluding hydrogens is 256 g/mol. The number of likely N-dealkylation sites (tertiary alicyclic amines) is 1. The molecule has 1 aromatic heterocycles. The van der Waals surface area contributed by atoms with Gasteiger partial charge in [0.1, 0.15) is 6.04 Å². The van der Waals surface area contributed by atoms with E-state index in [2.05, 4.69) is 18.2 Å². The SMILES string of the molecule is CCn1cc(C2CCN(C(=O)C(N)COC)CC2)cn1. The van der Waals surface area contributed by atoms with Crippen molar-refractivity contribution in [3.63, 3.8) is 0 Å². The average molecular weight is 280 g/mol. The molecule has 0 bridgehead atoms. The van der Waals surface area contributed by atoms with E-state index in [0.29, 0.717) is 5.92 Å². The van der Waals surface area contributed by atoms with E-state index in [-0.39, 0.29) is 12.5 Å². The summed E-state index contributed by atoms with van der Waals surface area (Å²) in [6.45, 7) is 4.77. The number of carbonyl (C=O) groups excluding carboxylic acids is 1. The Morgan fingerprint density at radius 1 is 1.55 bits per heavy atom. The van der Waals surface area contributed by atoms with Crippen molar-refractivity contribution >= 4 is 5.91 Å². The first kappa shape index (κ1) is 15.0. The van der Waals surface area contributed by atoms with Crippen molar-refractivity contribution in [3.8, 4) is 0 Å². The average Bonchev–Trinajstić information content (AvgIpc) is 2.96. The highest BCUT2D eigenvalue weighted by atomic mass is 16.5. The molecule has 2 rings (SSSR count). The number of hydrogen-bond acceptors (Lipinski definition) is 4. The molecule has 6 nitrogen and oxygen atoms in total. The van der Waals surface area contributed by atoms with Crippen LogP contribution in [-0.2, 0) is 16.1 Å². The number of nitrogens with two attached hydrogens (primary N) is 1. The first-order valence-electron chi connectivity index (χ1n) is 7.21. The van der Waals surface area contributed by atoms with E-state index in [4.69, 9.17) is 10.5 Å². The third-order valence-electron chi connectivity index (χ3n) is 3.92. The van der Waals surface area contributed by atoms with Crippen molar-refractivity contribution in [2.75, 3.05) is 26.8 Å². The molecule has 1 amide bonds. The van der Waals surface area contributed by atoms with E-state index in [1.54, 1.807) is 7.11 Å². The van der Waals surface area contributed by atoms with Crippen molar-refractivity contribution in [1.29, 1.82) is 0 Å². The van der Waals surface area contributed by atoms with Crippen LogP contribution in [0.25, 0.3) is 0 Å². The zero-order chi connectivity index (χ0) is 14.5. The lowest BCUT2D eigenvalue weighted by Gasteiger charge is -2.33. The molecule has 2 N–H and O–H groups in total. The molecule has 112 valence electrons. The van der Waals surface area contributed by atoms with Crippen molar-refractivity contribution in [1.82, 2.24) is 14.7 Å². The van der Waals surface area contributed by atoms with E-state index in [1.165, 1.54) is 5.56 Å². The maximum Gasteiger partial charge on any atom is 0.241 e. The Hall–Kier alpha value is -1.40. The van der Waals surface area contributed by atoms with Crippen LogP contribution < -0.4 is 5.73 Å². The van der Waals surface area contributed by atoms with Crippen LogP contribution in [0, 0.1) is 0 Å². The Morgan fingerprint density at radius 2 is 2.25 bits per heavy atom. The van der Waals surface area contributed by atoms with E-state index in [0.717, 1.165) is 32.5 Å². The molecule has 0 spiro atoms. The number of piperidine rings is 1. The van der Waals surface area contributed by atoms with Gasteiger partial charge in [0, 0.05) is 32.9 Å². The number of nitrogens with zero attached hydrogens (tertiary/aromatic N) is 3. The van der Waals surface area contributed by atoms with Crippen LogP contribution in [0.2, 0.25) is 0 Å². The Kier molecular flexibility index (Phi) is 5.14. The maximum atomic E-state index is 12.1. The van der Waals surface area contributed by atoms with E-state index >= 15 is 0 Å². The summed E-state index contributed by atoms with van der Waals surface area (Å²) < 4.78 is 6.88. The Morgan fingerprint density at radius 3 is 2.80 bits per heavy atom. The van der Waals surface area contributed by atoms with Crippen molar-refractivity contribution < 1.29 is 9.53 Å². The number of carbonyl (C=O) groups is 1. The maximum absolute atomic E-state index is 12.1. The number of amides is 1. The highest BCUT2D eigenvalue weighted by Gasteiger charge is 2.27. The molecule has 0 saturated carbocycles. The molecule has 1 unspecified atom stereocenters. The fourth-order valence-corrected chi connectivity index (χ4v) is 2.68. The lowest BCUT2D eigenvalue weighted by molar-refractivity contribution is -0.134. The zero-order valence-electron chi connectivity index (χ0n) is 12.3. The van der Waals surface area contributed by atoms with Crippen molar-refractivity contribution in [2.24, 2.45) is 5.73 Å². The van der Waals surface area contributed by atoms with Gasteiger partial charge in [0.15, 0.2) is 0 Å². The van der Waals surface area contributed by atoms with Gasteiger partial charge in [0.05, 0.1) is 12.8 Å². The van der Waals surface area contributed by atoms with Crippen molar-refractivity contribution in [3.05, 3.63) is 18.0 Å². The largest absolute Gasteiger partial charge is 0.383 e. The smallest absolute Gasteiger partial charge is 0.241 e. The third-order valence-corrected chi connectivity index (χ3v) is 3.92. The van der Waals surface area contributed by atoms with Gasteiger partial charge < -0.3 is 15.4 Å². The Balaban J connectivity index is 1.87. The summed E-state index contributed by atoms with van der Waals surface area (Å²) >= 11 is 0. The molecule has 0 aromatic carbocycles. The van der Waals surface area contributed by atoms with Gasteiger partial charge in [-0.25, -0.2) is 0 Å². The van der Waals surface area contributed by atoms with Crippen LogP contribution in [0.15, 0.2) is 12.4 Å². The Labute approximate surface area is 119 Å². The summed E-state index contributed by atoms with van der Waals surface area (Å²) in [6, 6.07) is -0.542. The minimum absolute atomic E-state index is 0.00504. The number of aryl methyl sites for hydroxylation is 1. The summed E-state index contributed by atoms with van der Waals surface area (Å²) in [4.78, 5) is 13.9. The molecule has 1 aromatic rings. The molecule has 1 atom stereocenters. The van der Waals surface area contributed by atoms with E-state index < -0.39 is 6.04 Å². The second kappa shape index (κ2) is 6.85. The molecule has 1 aliphatic heterocycles. The van der Waals surface area contributed by atoms with E-state index in [1.807, 2.05) is 15.8 Å². The van der Waals surface area contributed by atoms with Crippen LogP contribution in [-0.4, -0.2) is 53.4 Å². The fraction of sp³-hybridized carbons (Fsp3) is 0.714. The third kappa shape index (κ3) is 3.37. The normalized spacial score (nSPS) is 18.2. The molecule has 1 fully saturated rings. The zero-order valence-corrected chi connectivity index (χ0v) is 12.3. The minimum Gasteiger partial charge on any atom is -0.383 e. The highest BCUT2D eigenvalue weighted by molar-refractivity contribution is 5.81. The van der Waals surface area contributed by atoms with E-state index in [9.17, 15) is 4.79 Å². The topological polar surface area (TPSA) is 73.4 Å².